The van der Waals surface area contributed by atoms with Crippen LogP contribution in [0.25, 0.3) is 0 Å². The van der Waals surface area contributed by atoms with Crippen LogP contribution < -0.4 is 9.62 Å². The van der Waals surface area contributed by atoms with Crippen molar-refractivity contribution < 1.29 is 13.2 Å². The Hall–Kier alpha value is -2.34. The van der Waals surface area contributed by atoms with Gasteiger partial charge in [-0.3, -0.25) is 9.10 Å². The van der Waals surface area contributed by atoms with Crippen LogP contribution in [0.15, 0.2) is 53.4 Å². The molecule has 1 aliphatic rings. The molecule has 1 N–H and O–H groups in total. The van der Waals surface area contributed by atoms with Crippen molar-refractivity contribution in [2.75, 3.05) is 11.4 Å². The third kappa shape index (κ3) is 3.43. The fourth-order valence-corrected chi connectivity index (χ4v) is 3.53. The number of nitrogens with one attached hydrogen (secondary N) is 1. The molecule has 1 aliphatic carbocycles. The Morgan fingerprint density at radius 3 is 2.42 bits per heavy atom. The van der Waals surface area contributed by atoms with E-state index in [1.807, 2.05) is 6.92 Å². The molecule has 0 aromatic heterocycles. The van der Waals surface area contributed by atoms with Gasteiger partial charge in [-0.25, -0.2) is 8.42 Å². The number of carbonyl (C=O) groups is 1. The van der Waals surface area contributed by atoms with Crippen LogP contribution in [0.4, 0.5) is 5.69 Å². The topological polar surface area (TPSA) is 66.5 Å². The Labute approximate surface area is 142 Å². The molecule has 3 rings (SSSR count). The Balaban J connectivity index is 1.87. The molecule has 0 saturated heterocycles. The van der Waals surface area contributed by atoms with Crippen molar-refractivity contribution in [2.24, 2.45) is 0 Å². The van der Waals surface area contributed by atoms with Crippen LogP contribution in [0.2, 0.25) is 0 Å². The van der Waals surface area contributed by atoms with Gasteiger partial charge in [0.15, 0.2) is 0 Å². The number of benzene rings is 2. The monoisotopic (exact) mass is 344 g/mol. The van der Waals surface area contributed by atoms with Crippen molar-refractivity contribution in [3.63, 3.8) is 0 Å². The number of hydrogen-bond acceptors (Lipinski definition) is 3. The third-order valence-electron chi connectivity index (χ3n) is 4.06. The molecule has 2 aromatic rings. The highest BCUT2D eigenvalue weighted by molar-refractivity contribution is 7.92. The van der Waals surface area contributed by atoms with Crippen molar-refractivity contribution in [3.05, 3.63) is 59.7 Å². The maximum Gasteiger partial charge on any atom is 0.264 e. The molecule has 6 heteroatoms. The van der Waals surface area contributed by atoms with Crippen LogP contribution in [0.3, 0.4) is 0 Å². The summed E-state index contributed by atoms with van der Waals surface area (Å²) in [5, 5.41) is 2.91. The molecule has 24 heavy (non-hydrogen) atoms. The minimum absolute atomic E-state index is 0.166. The largest absolute Gasteiger partial charge is 0.349 e. The van der Waals surface area contributed by atoms with Crippen molar-refractivity contribution >= 4 is 21.6 Å². The summed E-state index contributed by atoms with van der Waals surface area (Å²) in [6.45, 7) is 1.90. The van der Waals surface area contributed by atoms with Gasteiger partial charge in [0.2, 0.25) is 0 Å². The summed E-state index contributed by atoms with van der Waals surface area (Å²) < 4.78 is 26.7. The average molecular weight is 344 g/mol. The second-order valence-electron chi connectivity index (χ2n) is 6.08. The highest BCUT2D eigenvalue weighted by atomic mass is 32.2. The van der Waals surface area contributed by atoms with Crippen molar-refractivity contribution in [3.8, 4) is 0 Å². The van der Waals surface area contributed by atoms with E-state index in [2.05, 4.69) is 5.32 Å². The first-order valence-electron chi connectivity index (χ1n) is 7.84. The number of anilines is 1. The summed E-state index contributed by atoms with van der Waals surface area (Å²) >= 11 is 0. The van der Waals surface area contributed by atoms with E-state index in [1.54, 1.807) is 48.5 Å². The van der Waals surface area contributed by atoms with Gasteiger partial charge in [-0.15, -0.1) is 0 Å². The van der Waals surface area contributed by atoms with Gasteiger partial charge in [-0.2, -0.15) is 0 Å². The smallest absolute Gasteiger partial charge is 0.264 e. The maximum absolute atomic E-state index is 12.7. The number of carbonyl (C=O) groups excluding carboxylic acids is 1. The van der Waals surface area contributed by atoms with E-state index in [-0.39, 0.29) is 16.8 Å². The summed E-state index contributed by atoms with van der Waals surface area (Å²) in [6.07, 6.45) is 2.01. The maximum atomic E-state index is 12.7. The molecular weight excluding hydrogens is 324 g/mol. The number of hydrogen-bond donors (Lipinski definition) is 1. The molecule has 0 heterocycles. The molecule has 2 aromatic carbocycles. The summed E-state index contributed by atoms with van der Waals surface area (Å²) in [4.78, 5) is 12.4. The predicted molar refractivity (Wildman–Crippen MR) is 93.7 cm³/mol. The van der Waals surface area contributed by atoms with Gasteiger partial charge in [-0.05, 0) is 50.1 Å². The van der Waals surface area contributed by atoms with Crippen molar-refractivity contribution in [2.45, 2.75) is 30.7 Å². The van der Waals surface area contributed by atoms with Gasteiger partial charge in [0.25, 0.3) is 15.9 Å². The van der Waals surface area contributed by atoms with E-state index in [4.69, 9.17) is 0 Å². The van der Waals surface area contributed by atoms with Gasteiger partial charge >= 0.3 is 0 Å². The molecule has 0 unspecified atom stereocenters. The molecule has 1 saturated carbocycles. The number of nitrogens with zero attached hydrogens (tertiary/aromatic N) is 1. The van der Waals surface area contributed by atoms with Crippen molar-refractivity contribution in [1.82, 2.24) is 5.32 Å². The zero-order valence-electron chi connectivity index (χ0n) is 13.7. The lowest BCUT2D eigenvalue weighted by Crippen LogP contribution is -2.28. The van der Waals surface area contributed by atoms with E-state index < -0.39 is 10.0 Å². The molecule has 1 amide bonds. The van der Waals surface area contributed by atoms with Crippen LogP contribution >= 0.6 is 0 Å². The van der Waals surface area contributed by atoms with Gasteiger partial charge in [0, 0.05) is 18.7 Å². The van der Waals surface area contributed by atoms with Crippen LogP contribution in [0.1, 0.15) is 28.8 Å². The Morgan fingerprint density at radius 2 is 1.79 bits per heavy atom. The van der Waals surface area contributed by atoms with Gasteiger partial charge in [-0.1, -0.05) is 23.8 Å². The number of sulfonamides is 1. The minimum atomic E-state index is -3.66. The molecule has 5 nitrogen and oxygen atoms in total. The number of rotatable bonds is 5. The predicted octanol–water partition coefficient (Wildman–Crippen LogP) is 2.71. The standard InChI is InChI=1S/C18H20N2O3S/c1-13-6-10-17(11-7-13)24(22,23)20(2)16-5-3-4-14(12-16)18(21)19-15-8-9-15/h3-7,10-12,15H,8-9H2,1-2H3,(H,19,21). The summed E-state index contributed by atoms with van der Waals surface area (Å²) in [5.74, 6) is -0.166. The molecule has 0 spiro atoms. The summed E-state index contributed by atoms with van der Waals surface area (Å²) in [5.41, 5.74) is 1.92. The van der Waals surface area contributed by atoms with E-state index in [1.165, 1.54) is 11.4 Å². The van der Waals surface area contributed by atoms with E-state index in [9.17, 15) is 13.2 Å². The van der Waals surface area contributed by atoms with Crippen LogP contribution in [0, 0.1) is 6.92 Å². The van der Waals surface area contributed by atoms with Crippen LogP contribution in [0.5, 0.6) is 0 Å². The fourth-order valence-electron chi connectivity index (χ4n) is 2.35. The Bertz CT molecular complexity index is 856. The first kappa shape index (κ1) is 16.5. The summed E-state index contributed by atoms with van der Waals surface area (Å²) in [7, 11) is -2.17. The lowest BCUT2D eigenvalue weighted by atomic mass is 10.2. The first-order chi connectivity index (χ1) is 11.4. The van der Waals surface area contributed by atoms with E-state index in [0.717, 1.165) is 18.4 Å². The van der Waals surface area contributed by atoms with Gasteiger partial charge in [0.05, 0.1) is 10.6 Å². The highest BCUT2D eigenvalue weighted by Crippen LogP contribution is 2.24. The molecule has 0 aliphatic heterocycles. The zero-order chi connectivity index (χ0) is 17.3. The van der Waals surface area contributed by atoms with Gasteiger partial charge < -0.3 is 5.32 Å². The molecular formula is C18H20N2O3S. The van der Waals surface area contributed by atoms with E-state index in [0.29, 0.717) is 11.3 Å². The number of aryl methyl sites for hydroxylation is 1. The zero-order valence-corrected chi connectivity index (χ0v) is 14.5. The first-order valence-corrected chi connectivity index (χ1v) is 9.28. The molecule has 126 valence electrons. The minimum Gasteiger partial charge on any atom is -0.349 e. The Kier molecular flexibility index (Phi) is 4.32. The van der Waals surface area contributed by atoms with Crippen LogP contribution in [-0.2, 0) is 10.0 Å². The second kappa shape index (κ2) is 6.28. The summed E-state index contributed by atoms with van der Waals surface area (Å²) in [6, 6.07) is 13.6. The Morgan fingerprint density at radius 1 is 1.12 bits per heavy atom. The third-order valence-corrected chi connectivity index (χ3v) is 5.86. The quantitative estimate of drug-likeness (QED) is 0.907. The SMILES string of the molecule is Cc1ccc(S(=O)(=O)N(C)c2cccc(C(=O)NC3CC3)c2)cc1. The molecule has 0 atom stereocenters. The molecule has 0 bridgehead atoms. The fraction of sp³-hybridized carbons (Fsp3) is 0.278. The van der Waals surface area contributed by atoms with Crippen molar-refractivity contribution in [1.29, 1.82) is 0 Å². The molecule has 1 fully saturated rings. The number of amides is 1. The van der Waals surface area contributed by atoms with Gasteiger partial charge in [0.1, 0.15) is 0 Å². The van der Waals surface area contributed by atoms with E-state index >= 15 is 0 Å². The second-order valence-corrected chi connectivity index (χ2v) is 8.05. The molecule has 0 radical (unpaired) electrons. The average Bonchev–Trinajstić information content (AvgIpc) is 3.38. The lowest BCUT2D eigenvalue weighted by Gasteiger charge is -2.20. The lowest BCUT2D eigenvalue weighted by molar-refractivity contribution is 0.0951. The normalized spacial score (nSPS) is 14.2. The van der Waals surface area contributed by atoms with Crippen LogP contribution in [-0.4, -0.2) is 27.4 Å². The highest BCUT2D eigenvalue weighted by Gasteiger charge is 2.25.